The van der Waals surface area contributed by atoms with Crippen molar-refractivity contribution in [2.75, 3.05) is 39.5 Å². The average Bonchev–Trinajstić information content (AvgIpc) is 3.09. The van der Waals surface area contributed by atoms with Crippen LogP contribution in [0.15, 0.2) is 0 Å². The molecule has 3 N–H and O–H groups in total. The van der Waals surface area contributed by atoms with Crippen molar-refractivity contribution in [3.05, 3.63) is 0 Å². The van der Waals surface area contributed by atoms with Gasteiger partial charge in [-0.25, -0.2) is 0 Å². The number of aliphatic hydroxyl groups is 3. The van der Waals surface area contributed by atoms with Gasteiger partial charge in [-0.15, -0.1) is 0 Å². The number of hydrogen-bond donors (Lipinski definition) is 3. The summed E-state index contributed by atoms with van der Waals surface area (Å²) in [7, 11) is 0. The summed E-state index contributed by atoms with van der Waals surface area (Å²) in [5.74, 6) is -1.81. The molecule has 0 aromatic carbocycles. The first kappa shape index (κ1) is 57.8. The fraction of sp³-hybridized carbons (Fsp3) is 0.952. The Morgan fingerprint density at radius 2 is 0.549 bits per heavy atom. The largest absolute Gasteiger partial charge is 2.00 e. The number of aliphatic carboxylic acids is 2. The van der Waals surface area contributed by atoms with Crippen molar-refractivity contribution in [3.8, 4) is 0 Å². The number of aliphatic hydroxyl groups excluding tert-OH is 3. The number of unbranched alkanes of at least 4 members (excludes halogenated alkanes) is 28. The second-order valence-corrected chi connectivity index (χ2v) is 14.2. The van der Waals surface area contributed by atoms with Crippen LogP contribution in [0, 0.1) is 0 Å². The standard InChI is InChI=1S/2C18H36O2.C6H15NO3.Ca/c2*1-2-3-4-5-6-7-8-9-10-11-12-13-14-15-16-17-18(19)20;8-4-1-7(2-5-9)3-6-10;/h2*2-17H2,1H3,(H,19,20);8-10H,1-6H2;/q;;;+2/p-2. The fourth-order valence-electron chi connectivity index (χ4n) is 6.04. The molecule has 0 saturated carbocycles. The number of carbonyl (C=O) groups is 2. The molecule has 0 aliphatic heterocycles. The zero-order valence-electron chi connectivity index (χ0n) is 34.0. The molecule has 0 bridgehead atoms. The Hall–Kier alpha value is 0.0397. The van der Waals surface area contributed by atoms with Gasteiger partial charge in [0.15, 0.2) is 0 Å². The van der Waals surface area contributed by atoms with E-state index in [0.717, 1.165) is 25.7 Å². The molecule has 0 saturated heterocycles. The van der Waals surface area contributed by atoms with Crippen molar-refractivity contribution >= 4 is 49.7 Å². The monoisotopic (exact) mass is 756 g/mol. The molecule has 0 amide bonds. The minimum atomic E-state index is -0.903. The van der Waals surface area contributed by atoms with Crippen molar-refractivity contribution in [2.45, 2.75) is 219 Å². The van der Waals surface area contributed by atoms with Gasteiger partial charge in [0.05, 0.1) is 19.8 Å². The zero-order valence-corrected chi connectivity index (χ0v) is 36.2. The SMILES string of the molecule is CCCCCCCCCCCCCCCCCC(=O)[O-].CCCCCCCCCCCCCCCCCC(=O)[O-].OCCN(CCO)CCO.[Ca+2]. The maximum atomic E-state index is 10.2. The fourth-order valence-corrected chi connectivity index (χ4v) is 6.04. The molecule has 8 nitrogen and oxygen atoms in total. The first-order valence-corrected chi connectivity index (χ1v) is 21.3. The summed E-state index contributed by atoms with van der Waals surface area (Å²) in [5, 5.41) is 45.9. The average molecular weight is 756 g/mol. The van der Waals surface area contributed by atoms with Crippen molar-refractivity contribution in [2.24, 2.45) is 0 Å². The summed E-state index contributed by atoms with van der Waals surface area (Å²) < 4.78 is 0. The van der Waals surface area contributed by atoms with Gasteiger partial charge in [-0.2, -0.15) is 0 Å². The van der Waals surface area contributed by atoms with Gasteiger partial charge in [0.1, 0.15) is 0 Å². The molecule has 0 rings (SSSR count). The summed E-state index contributed by atoms with van der Waals surface area (Å²) in [6.07, 6.45) is 39.7. The molecule has 0 spiro atoms. The van der Waals surface area contributed by atoms with Crippen molar-refractivity contribution < 1.29 is 35.1 Å². The first-order valence-electron chi connectivity index (χ1n) is 21.3. The molecule has 0 fully saturated rings. The van der Waals surface area contributed by atoms with Crippen LogP contribution in [0.4, 0.5) is 0 Å². The molecule has 0 radical (unpaired) electrons. The molecule has 0 atom stereocenters. The van der Waals surface area contributed by atoms with Crippen LogP contribution in [0.2, 0.25) is 0 Å². The van der Waals surface area contributed by atoms with E-state index >= 15 is 0 Å². The third-order valence-electron chi connectivity index (χ3n) is 9.22. The molecule has 0 unspecified atom stereocenters. The number of nitrogens with zero attached hydrogens (tertiary/aromatic N) is 1. The van der Waals surface area contributed by atoms with E-state index in [0.29, 0.717) is 19.6 Å². The Morgan fingerprint density at radius 3 is 0.706 bits per heavy atom. The van der Waals surface area contributed by atoms with Crippen LogP contribution in [0.25, 0.3) is 0 Å². The van der Waals surface area contributed by atoms with Gasteiger partial charge in [0.2, 0.25) is 0 Å². The van der Waals surface area contributed by atoms with Crippen molar-refractivity contribution in [3.63, 3.8) is 0 Å². The Bertz CT molecular complexity index is 584. The quantitative estimate of drug-likeness (QED) is 0.0427. The van der Waals surface area contributed by atoms with Crippen LogP contribution in [-0.4, -0.2) is 109 Å². The van der Waals surface area contributed by atoms with Gasteiger partial charge >= 0.3 is 37.7 Å². The van der Waals surface area contributed by atoms with E-state index in [1.165, 1.54) is 167 Å². The molecule has 0 aromatic heterocycles. The number of carbonyl (C=O) groups excluding carboxylic acids is 2. The Labute approximate surface area is 346 Å². The van der Waals surface area contributed by atoms with Gasteiger partial charge < -0.3 is 35.1 Å². The van der Waals surface area contributed by atoms with E-state index in [9.17, 15) is 19.8 Å². The van der Waals surface area contributed by atoms with Gasteiger partial charge in [-0.1, -0.05) is 194 Å². The summed E-state index contributed by atoms with van der Waals surface area (Å²) in [6.45, 7) is 6.29. The molecule has 0 heterocycles. The van der Waals surface area contributed by atoms with E-state index in [4.69, 9.17) is 15.3 Å². The molecule has 0 aliphatic rings. The second-order valence-electron chi connectivity index (χ2n) is 14.2. The van der Waals surface area contributed by atoms with E-state index in [1.54, 1.807) is 4.90 Å². The normalized spacial score (nSPS) is 10.6. The minimum absolute atomic E-state index is 0. The summed E-state index contributed by atoms with van der Waals surface area (Å²) >= 11 is 0. The molecule has 302 valence electrons. The number of carboxylic acid groups (broad SMARTS) is 2. The summed E-state index contributed by atoms with van der Waals surface area (Å²) in [5.41, 5.74) is 0. The topological polar surface area (TPSA) is 144 Å². The summed E-state index contributed by atoms with van der Waals surface area (Å²) in [4.78, 5) is 22.2. The van der Waals surface area contributed by atoms with Crippen LogP contribution in [0.1, 0.15) is 219 Å². The van der Waals surface area contributed by atoms with E-state index in [2.05, 4.69) is 13.8 Å². The Balaban J connectivity index is -0.000000340. The van der Waals surface area contributed by atoms with Crippen LogP contribution < -0.4 is 10.2 Å². The van der Waals surface area contributed by atoms with Crippen LogP contribution in [0.5, 0.6) is 0 Å². The number of hydrogen-bond acceptors (Lipinski definition) is 8. The number of carboxylic acids is 2. The van der Waals surface area contributed by atoms with Gasteiger partial charge in [-0.3, -0.25) is 4.90 Å². The van der Waals surface area contributed by atoms with E-state index < -0.39 is 11.9 Å². The molecular weight excluding hydrogens is 671 g/mol. The third-order valence-corrected chi connectivity index (χ3v) is 9.22. The van der Waals surface area contributed by atoms with Gasteiger partial charge in [-0.05, 0) is 25.7 Å². The van der Waals surface area contributed by atoms with Gasteiger partial charge in [0.25, 0.3) is 0 Å². The molecule has 0 aliphatic carbocycles. The molecule has 0 aromatic rings. The maximum absolute atomic E-state index is 10.2. The predicted molar refractivity (Wildman–Crippen MR) is 213 cm³/mol. The second kappa shape index (κ2) is 54.4. The van der Waals surface area contributed by atoms with Crippen LogP contribution >= 0.6 is 0 Å². The molecule has 51 heavy (non-hydrogen) atoms. The minimum Gasteiger partial charge on any atom is -0.550 e. The van der Waals surface area contributed by atoms with Crippen molar-refractivity contribution in [1.29, 1.82) is 0 Å². The molecule has 9 heteroatoms. The predicted octanol–water partition coefficient (Wildman–Crippen LogP) is 7.88. The van der Waals surface area contributed by atoms with Crippen molar-refractivity contribution in [1.82, 2.24) is 4.90 Å². The van der Waals surface area contributed by atoms with Crippen LogP contribution in [0.3, 0.4) is 0 Å². The third kappa shape index (κ3) is 62.3. The summed E-state index contributed by atoms with van der Waals surface area (Å²) in [6, 6.07) is 0. The first-order chi connectivity index (χ1) is 24.4. The van der Waals surface area contributed by atoms with Gasteiger partial charge in [0, 0.05) is 31.6 Å². The Morgan fingerprint density at radius 1 is 0.373 bits per heavy atom. The molecular formula is C42H85CaNO7. The van der Waals surface area contributed by atoms with E-state index in [-0.39, 0.29) is 70.4 Å². The zero-order chi connectivity index (χ0) is 37.6. The Kier molecular flexibility index (Phi) is 61.6. The van der Waals surface area contributed by atoms with E-state index in [1.807, 2.05) is 0 Å². The van der Waals surface area contributed by atoms with Crippen LogP contribution in [-0.2, 0) is 9.59 Å². The maximum Gasteiger partial charge on any atom is 2.00 e. The number of rotatable bonds is 38. The smallest absolute Gasteiger partial charge is 0.550 e.